The molecule has 0 saturated carbocycles. The quantitative estimate of drug-likeness (QED) is 0.322. The summed E-state index contributed by atoms with van der Waals surface area (Å²) in [6.45, 7) is 7.38. The van der Waals surface area contributed by atoms with Gasteiger partial charge in [-0.3, -0.25) is 0 Å². The van der Waals surface area contributed by atoms with Gasteiger partial charge in [-0.15, -0.1) is 0 Å². The summed E-state index contributed by atoms with van der Waals surface area (Å²) in [5.41, 5.74) is 1.70. The average Bonchev–Trinajstić information content (AvgIpc) is 2.31. The average molecular weight is 232 g/mol. The molecule has 0 radical (unpaired) electrons. The number of rotatable bonds is 6. The molecule has 0 unspecified atom stereocenters. The van der Waals surface area contributed by atoms with E-state index in [1.165, 1.54) is 24.8 Å². The zero-order valence-electron chi connectivity index (χ0n) is 10.7. The van der Waals surface area contributed by atoms with Gasteiger partial charge in [0.25, 0.3) is 0 Å². The van der Waals surface area contributed by atoms with Gasteiger partial charge in [0.05, 0.1) is 0 Å². The van der Waals surface area contributed by atoms with Gasteiger partial charge in [0.15, 0.2) is 0 Å². The number of ether oxygens (including phenoxy) is 1. The summed E-state index contributed by atoms with van der Waals surface area (Å²) in [5.74, 6) is 0.209. The first-order chi connectivity index (χ1) is 8.13. The molecular formula is C15H20O2. The molecule has 0 aliphatic heterocycles. The summed E-state index contributed by atoms with van der Waals surface area (Å²) in [5, 5.41) is 0. The summed E-state index contributed by atoms with van der Waals surface area (Å²) in [6.07, 6.45) is 4.78. The lowest BCUT2D eigenvalue weighted by molar-refractivity contribution is -0.130. The Balaban J connectivity index is 2.50. The Hall–Kier alpha value is -1.57. The first kappa shape index (κ1) is 13.5. The van der Waals surface area contributed by atoms with Gasteiger partial charge in [-0.1, -0.05) is 38.5 Å². The van der Waals surface area contributed by atoms with Crippen LogP contribution in [0.3, 0.4) is 0 Å². The maximum absolute atomic E-state index is 11.3. The highest BCUT2D eigenvalue weighted by Crippen LogP contribution is 2.15. The molecule has 1 aromatic carbocycles. The molecule has 0 spiro atoms. The first-order valence-corrected chi connectivity index (χ1v) is 6.10. The minimum absolute atomic E-state index is 0.372. The van der Waals surface area contributed by atoms with E-state index in [4.69, 9.17) is 4.74 Å². The molecule has 2 heteroatoms. The van der Waals surface area contributed by atoms with Crippen molar-refractivity contribution >= 4 is 5.97 Å². The third kappa shape index (κ3) is 4.85. The fraction of sp³-hybridized carbons (Fsp3) is 0.400. The topological polar surface area (TPSA) is 26.3 Å². The van der Waals surface area contributed by atoms with Crippen molar-refractivity contribution in [2.75, 3.05) is 0 Å². The van der Waals surface area contributed by atoms with E-state index >= 15 is 0 Å². The van der Waals surface area contributed by atoms with Gasteiger partial charge in [0, 0.05) is 5.57 Å². The van der Waals surface area contributed by atoms with Gasteiger partial charge in [-0.05, 0) is 37.5 Å². The van der Waals surface area contributed by atoms with Crippen LogP contribution in [0.4, 0.5) is 0 Å². The van der Waals surface area contributed by atoms with E-state index in [2.05, 4.69) is 13.5 Å². The standard InChI is InChI=1S/C15H20O2/c1-4-5-6-7-13-8-10-14(11-9-13)17-15(16)12(2)3/h8-11H,2,4-7H2,1,3H3. The third-order valence-corrected chi connectivity index (χ3v) is 2.55. The molecule has 0 aliphatic carbocycles. The Morgan fingerprint density at radius 3 is 2.41 bits per heavy atom. The van der Waals surface area contributed by atoms with Crippen molar-refractivity contribution in [1.82, 2.24) is 0 Å². The SMILES string of the molecule is C=C(C)C(=O)Oc1ccc(CCCCC)cc1. The van der Waals surface area contributed by atoms with Crippen LogP contribution in [0.1, 0.15) is 38.7 Å². The Labute approximate surface area is 103 Å². The second-order valence-electron chi connectivity index (χ2n) is 4.27. The highest BCUT2D eigenvalue weighted by Gasteiger charge is 2.04. The molecule has 1 aromatic rings. The number of aryl methyl sites for hydroxylation is 1. The first-order valence-electron chi connectivity index (χ1n) is 6.10. The number of benzene rings is 1. The van der Waals surface area contributed by atoms with E-state index in [1.807, 2.05) is 24.3 Å². The Morgan fingerprint density at radius 2 is 1.88 bits per heavy atom. The van der Waals surface area contributed by atoms with Crippen LogP contribution >= 0.6 is 0 Å². The van der Waals surface area contributed by atoms with E-state index in [0.29, 0.717) is 11.3 Å². The van der Waals surface area contributed by atoms with Crippen molar-refractivity contribution in [3.63, 3.8) is 0 Å². The summed E-state index contributed by atoms with van der Waals surface area (Å²) in [6, 6.07) is 7.69. The second-order valence-corrected chi connectivity index (χ2v) is 4.27. The number of hydrogen-bond acceptors (Lipinski definition) is 2. The molecule has 1 rings (SSSR count). The van der Waals surface area contributed by atoms with Crippen molar-refractivity contribution in [1.29, 1.82) is 0 Å². The van der Waals surface area contributed by atoms with Crippen LogP contribution in [0.15, 0.2) is 36.4 Å². The molecule has 17 heavy (non-hydrogen) atoms. The zero-order chi connectivity index (χ0) is 12.7. The summed E-state index contributed by atoms with van der Waals surface area (Å²) >= 11 is 0. The van der Waals surface area contributed by atoms with Gasteiger partial charge >= 0.3 is 5.97 Å². The summed E-state index contributed by atoms with van der Waals surface area (Å²) in [4.78, 5) is 11.3. The van der Waals surface area contributed by atoms with E-state index in [9.17, 15) is 4.79 Å². The highest BCUT2D eigenvalue weighted by molar-refractivity contribution is 5.88. The molecule has 2 nitrogen and oxygen atoms in total. The lowest BCUT2D eigenvalue weighted by Gasteiger charge is -2.05. The monoisotopic (exact) mass is 232 g/mol. The molecule has 0 bridgehead atoms. The fourth-order valence-corrected chi connectivity index (χ4v) is 1.50. The zero-order valence-corrected chi connectivity index (χ0v) is 10.7. The predicted molar refractivity (Wildman–Crippen MR) is 70.1 cm³/mol. The van der Waals surface area contributed by atoms with Crippen molar-refractivity contribution in [2.45, 2.75) is 39.5 Å². The van der Waals surface area contributed by atoms with Gasteiger partial charge in [0.1, 0.15) is 5.75 Å². The molecule has 92 valence electrons. The Morgan fingerprint density at radius 1 is 1.24 bits per heavy atom. The van der Waals surface area contributed by atoms with Crippen LogP contribution in [0.2, 0.25) is 0 Å². The molecule has 0 heterocycles. The molecule has 0 N–H and O–H groups in total. The van der Waals surface area contributed by atoms with Crippen LogP contribution in [0, 0.1) is 0 Å². The molecule has 0 amide bonds. The number of carbonyl (C=O) groups is 1. The smallest absolute Gasteiger partial charge is 0.338 e. The highest BCUT2D eigenvalue weighted by atomic mass is 16.5. The molecule has 0 aromatic heterocycles. The minimum Gasteiger partial charge on any atom is -0.423 e. The lowest BCUT2D eigenvalue weighted by Crippen LogP contribution is -2.07. The van der Waals surface area contributed by atoms with Crippen LogP contribution in [0.5, 0.6) is 5.75 Å². The normalized spacial score (nSPS) is 10.0. The van der Waals surface area contributed by atoms with Gasteiger partial charge < -0.3 is 4.74 Å². The van der Waals surface area contributed by atoms with Crippen molar-refractivity contribution in [2.24, 2.45) is 0 Å². The summed E-state index contributed by atoms with van der Waals surface area (Å²) in [7, 11) is 0. The summed E-state index contributed by atoms with van der Waals surface area (Å²) < 4.78 is 5.12. The van der Waals surface area contributed by atoms with Gasteiger partial charge in [-0.2, -0.15) is 0 Å². The van der Waals surface area contributed by atoms with E-state index in [0.717, 1.165) is 6.42 Å². The van der Waals surface area contributed by atoms with E-state index < -0.39 is 0 Å². The lowest BCUT2D eigenvalue weighted by atomic mass is 10.1. The van der Waals surface area contributed by atoms with Crippen molar-refractivity contribution in [3.05, 3.63) is 42.0 Å². The maximum atomic E-state index is 11.3. The molecular weight excluding hydrogens is 212 g/mol. The Kier molecular flexibility index (Phi) is 5.47. The number of hydrogen-bond donors (Lipinski definition) is 0. The maximum Gasteiger partial charge on any atom is 0.338 e. The Bertz CT molecular complexity index is 376. The predicted octanol–water partition coefficient (Wildman–Crippen LogP) is 3.90. The number of unbranched alkanes of at least 4 members (excludes halogenated alkanes) is 2. The molecule has 0 saturated heterocycles. The van der Waals surface area contributed by atoms with Gasteiger partial charge in [-0.25, -0.2) is 4.79 Å². The van der Waals surface area contributed by atoms with E-state index in [1.54, 1.807) is 6.92 Å². The van der Waals surface area contributed by atoms with Crippen molar-refractivity contribution < 1.29 is 9.53 Å². The molecule has 0 fully saturated rings. The third-order valence-electron chi connectivity index (χ3n) is 2.55. The van der Waals surface area contributed by atoms with Gasteiger partial charge in [0.2, 0.25) is 0 Å². The molecule has 0 aliphatic rings. The number of carbonyl (C=O) groups excluding carboxylic acids is 1. The largest absolute Gasteiger partial charge is 0.423 e. The minimum atomic E-state index is -0.372. The van der Waals surface area contributed by atoms with Crippen LogP contribution in [-0.2, 0) is 11.2 Å². The van der Waals surface area contributed by atoms with Crippen LogP contribution in [0.25, 0.3) is 0 Å². The number of esters is 1. The van der Waals surface area contributed by atoms with E-state index in [-0.39, 0.29) is 5.97 Å². The second kappa shape index (κ2) is 6.89. The molecule has 0 atom stereocenters. The van der Waals surface area contributed by atoms with Crippen LogP contribution < -0.4 is 4.74 Å². The fourth-order valence-electron chi connectivity index (χ4n) is 1.50. The van der Waals surface area contributed by atoms with Crippen LogP contribution in [-0.4, -0.2) is 5.97 Å². The van der Waals surface area contributed by atoms with Crippen molar-refractivity contribution in [3.8, 4) is 5.75 Å².